The molecule has 0 bridgehead atoms. The molecule has 0 radical (unpaired) electrons. The van der Waals surface area contributed by atoms with E-state index in [-0.39, 0.29) is 10.7 Å². The third-order valence-corrected chi connectivity index (χ3v) is 5.85. The SMILES string of the molecule is CC[N+](CCCCCC(=O)Cl)=c1ccc2cc3c(oc-2c1)C=C(C)CC3(C)C. The lowest BCUT2D eigenvalue weighted by atomic mass is 9.75. The predicted octanol–water partition coefficient (Wildman–Crippen LogP) is 5.59. The first-order valence-electron chi connectivity index (χ1n) is 10.3. The molecule has 0 aromatic carbocycles. The van der Waals surface area contributed by atoms with E-state index in [9.17, 15) is 4.79 Å². The van der Waals surface area contributed by atoms with Crippen molar-refractivity contribution in [3.63, 3.8) is 0 Å². The van der Waals surface area contributed by atoms with Crippen LogP contribution in [0.1, 0.15) is 71.1 Å². The fourth-order valence-electron chi connectivity index (χ4n) is 4.24. The Kier molecular flexibility index (Phi) is 6.44. The number of unbranched alkanes of at least 4 members (excludes halogenated alkanes) is 2. The monoisotopic (exact) mass is 400 g/mol. The van der Waals surface area contributed by atoms with E-state index in [2.05, 4.69) is 62.6 Å². The summed E-state index contributed by atoms with van der Waals surface area (Å²) in [7, 11) is 0. The zero-order chi connectivity index (χ0) is 20.3. The highest BCUT2D eigenvalue weighted by molar-refractivity contribution is 6.63. The first-order chi connectivity index (χ1) is 13.3. The lowest BCUT2D eigenvalue weighted by Crippen LogP contribution is -2.30. The molecule has 3 rings (SSSR count). The van der Waals surface area contributed by atoms with Crippen LogP contribution in [0.4, 0.5) is 0 Å². The Morgan fingerprint density at radius 3 is 2.71 bits per heavy atom. The second kappa shape index (κ2) is 8.65. The zero-order valence-electron chi connectivity index (χ0n) is 17.5. The number of fused-ring (bicyclic) bond motifs is 2. The molecule has 1 aliphatic heterocycles. The van der Waals surface area contributed by atoms with Gasteiger partial charge in [0.25, 0.3) is 0 Å². The number of allylic oxidation sites excluding steroid dienone is 1. The number of benzene rings is 1. The Morgan fingerprint density at radius 1 is 1.21 bits per heavy atom. The Hall–Kier alpha value is -1.87. The zero-order valence-corrected chi connectivity index (χ0v) is 18.2. The van der Waals surface area contributed by atoms with Gasteiger partial charge in [0.2, 0.25) is 10.6 Å². The molecular formula is C24H31ClNO2+. The van der Waals surface area contributed by atoms with E-state index in [1.165, 1.54) is 16.5 Å². The molecule has 0 aromatic heterocycles. The molecule has 1 heterocycles. The van der Waals surface area contributed by atoms with Gasteiger partial charge in [0.05, 0.1) is 6.07 Å². The summed E-state index contributed by atoms with van der Waals surface area (Å²) in [6, 6.07) is 8.81. The van der Waals surface area contributed by atoms with E-state index in [1.807, 2.05) is 0 Å². The van der Waals surface area contributed by atoms with Gasteiger partial charge < -0.3 is 4.42 Å². The summed E-state index contributed by atoms with van der Waals surface area (Å²) in [6.45, 7) is 10.8. The van der Waals surface area contributed by atoms with E-state index in [0.717, 1.165) is 55.9 Å². The number of hydrogen-bond acceptors (Lipinski definition) is 2. The molecule has 28 heavy (non-hydrogen) atoms. The highest BCUT2D eigenvalue weighted by Gasteiger charge is 2.30. The topological polar surface area (TPSA) is 33.2 Å². The number of hydrogen-bond donors (Lipinski definition) is 0. The van der Waals surface area contributed by atoms with E-state index in [1.54, 1.807) is 0 Å². The van der Waals surface area contributed by atoms with Crippen molar-refractivity contribution in [2.75, 3.05) is 13.1 Å². The van der Waals surface area contributed by atoms with Crippen LogP contribution in [-0.4, -0.2) is 18.3 Å². The summed E-state index contributed by atoms with van der Waals surface area (Å²) in [5, 5.41) is 0.946. The van der Waals surface area contributed by atoms with Crippen molar-refractivity contribution >= 4 is 22.9 Å². The molecule has 0 unspecified atom stereocenters. The Morgan fingerprint density at radius 2 is 2.00 bits per heavy atom. The van der Waals surface area contributed by atoms with Crippen LogP contribution >= 0.6 is 11.6 Å². The van der Waals surface area contributed by atoms with Crippen molar-refractivity contribution in [2.24, 2.45) is 0 Å². The number of rotatable bonds is 7. The molecule has 0 saturated heterocycles. The molecule has 2 aliphatic carbocycles. The smallest absolute Gasteiger partial charge is 0.221 e. The highest BCUT2D eigenvalue weighted by atomic mass is 35.5. The van der Waals surface area contributed by atoms with Crippen LogP contribution in [0.5, 0.6) is 0 Å². The van der Waals surface area contributed by atoms with Crippen LogP contribution in [0, 0.1) is 0 Å². The van der Waals surface area contributed by atoms with Gasteiger partial charge in [0.15, 0.2) is 0 Å². The number of carbonyl (C=O) groups excluding carboxylic acids is 1. The summed E-state index contributed by atoms with van der Waals surface area (Å²) in [5.74, 6) is 1.93. The van der Waals surface area contributed by atoms with Gasteiger partial charge in [0, 0.05) is 30.0 Å². The molecule has 0 atom stereocenters. The van der Waals surface area contributed by atoms with Crippen LogP contribution < -0.4 is 9.93 Å². The Labute approximate surface area is 173 Å². The summed E-state index contributed by atoms with van der Waals surface area (Å²) < 4.78 is 8.70. The standard InChI is InChI=1S/C24H31ClNO2/c1-5-26(12-8-6-7-9-23(25)27)19-11-10-18-14-20-22(28-21(18)15-19)13-17(2)16-24(20,3)4/h10-11,13-15H,5-9,12,16H2,1-4H3/q+1. The maximum Gasteiger partial charge on any atom is 0.221 e. The molecular weight excluding hydrogens is 370 g/mol. The Bertz CT molecular complexity index is 936. The van der Waals surface area contributed by atoms with Crippen molar-refractivity contribution in [1.82, 2.24) is 4.58 Å². The van der Waals surface area contributed by atoms with Gasteiger partial charge in [-0.2, -0.15) is 0 Å². The van der Waals surface area contributed by atoms with Crippen molar-refractivity contribution in [2.45, 2.75) is 65.2 Å². The van der Waals surface area contributed by atoms with Gasteiger partial charge in [-0.3, -0.25) is 4.79 Å². The van der Waals surface area contributed by atoms with Crippen LogP contribution in [0.2, 0.25) is 0 Å². The lowest BCUT2D eigenvalue weighted by molar-refractivity contribution is -0.111. The van der Waals surface area contributed by atoms with Crippen LogP contribution in [-0.2, 0) is 10.2 Å². The van der Waals surface area contributed by atoms with Gasteiger partial charge in [-0.15, -0.1) is 0 Å². The molecule has 3 nitrogen and oxygen atoms in total. The molecule has 3 aliphatic rings. The molecule has 0 N–H and O–H groups in total. The third kappa shape index (κ3) is 4.75. The number of halogens is 1. The first kappa shape index (κ1) is 20.9. The van der Waals surface area contributed by atoms with Gasteiger partial charge >= 0.3 is 0 Å². The average molecular weight is 401 g/mol. The molecule has 0 aromatic rings. The minimum atomic E-state index is -0.237. The van der Waals surface area contributed by atoms with Gasteiger partial charge in [-0.1, -0.05) is 19.4 Å². The van der Waals surface area contributed by atoms with Gasteiger partial charge in [-0.25, -0.2) is 4.58 Å². The molecule has 0 fully saturated rings. The molecule has 0 spiro atoms. The van der Waals surface area contributed by atoms with Crippen LogP contribution in [0.25, 0.3) is 17.4 Å². The largest absolute Gasteiger partial charge is 0.456 e. The second-order valence-corrected chi connectivity index (χ2v) is 8.96. The van der Waals surface area contributed by atoms with Crippen LogP contribution in [0.15, 0.2) is 34.3 Å². The molecule has 4 heteroatoms. The number of carbonyl (C=O) groups is 1. The number of nitrogens with zero attached hydrogens (tertiary/aromatic N) is 1. The summed E-state index contributed by atoms with van der Waals surface area (Å²) in [5.41, 5.74) is 3.91. The van der Waals surface area contributed by atoms with Crippen LogP contribution in [0.3, 0.4) is 0 Å². The summed E-state index contributed by atoms with van der Waals surface area (Å²) in [4.78, 5) is 10.8. The maximum absolute atomic E-state index is 10.8. The first-order valence-corrected chi connectivity index (χ1v) is 10.7. The maximum atomic E-state index is 10.8. The van der Waals surface area contributed by atoms with E-state index in [0.29, 0.717) is 6.42 Å². The predicted molar refractivity (Wildman–Crippen MR) is 117 cm³/mol. The third-order valence-electron chi connectivity index (χ3n) is 5.66. The highest BCUT2D eigenvalue weighted by Crippen LogP contribution is 2.41. The molecule has 150 valence electrons. The fraction of sp³-hybridized carbons (Fsp3) is 0.500. The van der Waals surface area contributed by atoms with Crippen molar-refractivity contribution in [3.8, 4) is 11.3 Å². The van der Waals surface area contributed by atoms with Crippen molar-refractivity contribution in [1.29, 1.82) is 0 Å². The molecule has 0 saturated carbocycles. The van der Waals surface area contributed by atoms with Gasteiger partial charge in [-0.05, 0) is 68.3 Å². The van der Waals surface area contributed by atoms with Crippen molar-refractivity contribution in [3.05, 3.63) is 46.5 Å². The van der Waals surface area contributed by atoms with E-state index >= 15 is 0 Å². The minimum Gasteiger partial charge on any atom is -0.456 e. The second-order valence-electron chi connectivity index (χ2n) is 8.54. The molecule has 0 amide bonds. The fourth-order valence-corrected chi connectivity index (χ4v) is 4.38. The van der Waals surface area contributed by atoms with Crippen molar-refractivity contribution < 1.29 is 9.21 Å². The van der Waals surface area contributed by atoms with Gasteiger partial charge in [0.1, 0.15) is 24.6 Å². The summed E-state index contributed by atoms with van der Waals surface area (Å²) >= 11 is 5.41. The van der Waals surface area contributed by atoms with E-state index < -0.39 is 0 Å². The minimum absolute atomic E-state index is 0.102. The average Bonchev–Trinajstić information content (AvgIpc) is 2.62. The normalized spacial score (nSPS) is 16.5. The summed E-state index contributed by atoms with van der Waals surface area (Å²) in [6.07, 6.45) is 6.64. The van der Waals surface area contributed by atoms with E-state index in [4.69, 9.17) is 16.0 Å². The lowest BCUT2D eigenvalue weighted by Gasteiger charge is -2.31. The Balaban J connectivity index is 1.90. The quantitative estimate of drug-likeness (QED) is 0.345.